The van der Waals surface area contributed by atoms with E-state index in [0.29, 0.717) is 0 Å². The minimum absolute atomic E-state index is 0.0708. The second-order valence-corrected chi connectivity index (χ2v) is 6.75. The van der Waals surface area contributed by atoms with Crippen LogP contribution in [0.4, 0.5) is 0 Å². The highest BCUT2D eigenvalue weighted by Crippen LogP contribution is 2.27. The van der Waals surface area contributed by atoms with Gasteiger partial charge in [-0.05, 0) is 24.6 Å². The summed E-state index contributed by atoms with van der Waals surface area (Å²) in [5.41, 5.74) is 0.158. The molecule has 0 unspecified atom stereocenters. The predicted octanol–water partition coefficient (Wildman–Crippen LogP) is 2.07. The fraction of sp³-hybridized carbons (Fsp3) is 0.400. The van der Waals surface area contributed by atoms with Crippen LogP contribution in [0.25, 0.3) is 0 Å². The molecule has 6 nitrogen and oxygen atoms in total. The Morgan fingerprint density at radius 1 is 1.27 bits per heavy atom. The Kier molecular flexibility index (Phi) is 6.58. The van der Waals surface area contributed by atoms with Gasteiger partial charge in [0.2, 0.25) is 10.0 Å². The highest BCUT2D eigenvalue weighted by Gasteiger charge is 2.24. The van der Waals surface area contributed by atoms with Crippen LogP contribution in [0.5, 0.6) is 5.75 Å². The van der Waals surface area contributed by atoms with E-state index in [1.165, 1.54) is 39.4 Å². The molecule has 1 aromatic rings. The molecular weight excluding hydrogens is 306 g/mol. The van der Waals surface area contributed by atoms with Crippen LogP contribution in [0.15, 0.2) is 35.2 Å². The van der Waals surface area contributed by atoms with Crippen LogP contribution in [-0.4, -0.2) is 46.5 Å². The molecule has 0 saturated carbocycles. The van der Waals surface area contributed by atoms with Gasteiger partial charge in [-0.15, -0.1) is 0 Å². The Morgan fingerprint density at radius 2 is 1.95 bits per heavy atom. The minimum atomic E-state index is -3.72. The number of allylic oxidation sites excluding steroid dienone is 1. The molecule has 1 rings (SSSR count). The maximum Gasteiger partial charge on any atom is 0.338 e. The summed E-state index contributed by atoms with van der Waals surface area (Å²) in [7, 11) is 0.478. The van der Waals surface area contributed by atoms with Gasteiger partial charge in [-0.25, -0.2) is 17.5 Å². The van der Waals surface area contributed by atoms with E-state index >= 15 is 0 Å². The first-order chi connectivity index (χ1) is 10.3. The van der Waals surface area contributed by atoms with Crippen molar-refractivity contribution in [1.82, 2.24) is 4.31 Å². The van der Waals surface area contributed by atoms with Crippen LogP contribution in [0, 0.1) is 0 Å². The Hall–Kier alpha value is -1.86. The molecule has 7 heteroatoms. The molecule has 0 fully saturated rings. The average molecular weight is 327 g/mol. The number of hydrogen-bond acceptors (Lipinski definition) is 5. The van der Waals surface area contributed by atoms with Gasteiger partial charge in [0.1, 0.15) is 17.3 Å². The Labute approximate surface area is 131 Å². The minimum Gasteiger partial charge on any atom is -0.495 e. The van der Waals surface area contributed by atoms with Gasteiger partial charge < -0.3 is 9.47 Å². The summed E-state index contributed by atoms with van der Waals surface area (Å²) in [4.78, 5) is 11.9. The van der Waals surface area contributed by atoms with Crippen molar-refractivity contribution in [3.05, 3.63) is 35.9 Å². The van der Waals surface area contributed by atoms with Crippen molar-refractivity contribution in [2.75, 3.05) is 27.8 Å². The lowest BCUT2D eigenvalue weighted by Gasteiger charge is -2.15. The van der Waals surface area contributed by atoms with E-state index in [4.69, 9.17) is 9.47 Å². The van der Waals surface area contributed by atoms with Gasteiger partial charge in [0.25, 0.3) is 0 Å². The Bertz CT molecular complexity index is 650. The molecule has 0 radical (unpaired) electrons. The van der Waals surface area contributed by atoms with Crippen molar-refractivity contribution in [2.24, 2.45) is 0 Å². The molecule has 0 amide bonds. The second kappa shape index (κ2) is 7.95. The number of ether oxygens (including phenoxy) is 2. The maximum absolute atomic E-state index is 12.3. The van der Waals surface area contributed by atoms with E-state index in [2.05, 4.69) is 0 Å². The van der Waals surface area contributed by atoms with Crippen molar-refractivity contribution in [2.45, 2.75) is 18.2 Å². The molecular formula is C15H21NO5S. The molecule has 0 saturated heterocycles. The largest absolute Gasteiger partial charge is 0.495 e. The van der Waals surface area contributed by atoms with Gasteiger partial charge in [0.15, 0.2) is 0 Å². The number of carbonyl (C=O) groups excluding carboxylic acids is 1. The van der Waals surface area contributed by atoms with E-state index in [1.54, 1.807) is 6.08 Å². The number of hydrogen-bond donors (Lipinski definition) is 0. The number of benzene rings is 1. The van der Waals surface area contributed by atoms with Gasteiger partial charge in [-0.1, -0.05) is 19.1 Å². The third kappa shape index (κ3) is 4.32. The van der Waals surface area contributed by atoms with Gasteiger partial charge in [-0.3, -0.25) is 0 Å². The van der Waals surface area contributed by atoms with Crippen LogP contribution < -0.4 is 4.74 Å². The summed E-state index contributed by atoms with van der Waals surface area (Å²) in [5.74, 6) is -0.408. The number of rotatable bonds is 7. The van der Waals surface area contributed by atoms with Crippen LogP contribution in [0.1, 0.15) is 23.7 Å². The van der Waals surface area contributed by atoms with Crippen molar-refractivity contribution in [1.29, 1.82) is 0 Å². The van der Waals surface area contributed by atoms with Crippen molar-refractivity contribution < 1.29 is 22.7 Å². The lowest BCUT2D eigenvalue weighted by atomic mass is 10.2. The van der Waals surface area contributed by atoms with Gasteiger partial charge in [0, 0.05) is 14.1 Å². The summed E-state index contributed by atoms with van der Waals surface area (Å²) >= 11 is 0. The molecule has 0 spiro atoms. The molecule has 0 aromatic heterocycles. The average Bonchev–Trinajstić information content (AvgIpc) is 2.50. The van der Waals surface area contributed by atoms with Crippen molar-refractivity contribution in [3.63, 3.8) is 0 Å². The normalized spacial score (nSPS) is 11.9. The zero-order chi connectivity index (χ0) is 16.8. The maximum atomic E-state index is 12.3. The standard InChI is InChI=1S/C15H21NO5S/c1-5-6-7-10-21-15(17)12-8-9-13(20-4)14(11-12)22(18,19)16(2)3/h6-9,11H,5,10H2,1-4H3. The number of nitrogens with zero attached hydrogens (tertiary/aromatic N) is 1. The van der Waals surface area contributed by atoms with Crippen LogP contribution in [0.3, 0.4) is 0 Å². The van der Waals surface area contributed by atoms with Crippen LogP contribution >= 0.6 is 0 Å². The van der Waals surface area contributed by atoms with Crippen LogP contribution in [0.2, 0.25) is 0 Å². The number of sulfonamides is 1. The van der Waals surface area contributed by atoms with E-state index in [-0.39, 0.29) is 22.8 Å². The first-order valence-corrected chi connectivity index (χ1v) is 8.21. The fourth-order valence-corrected chi connectivity index (χ4v) is 2.72. The molecule has 0 N–H and O–H groups in total. The zero-order valence-corrected chi connectivity index (χ0v) is 14.0. The monoisotopic (exact) mass is 327 g/mol. The van der Waals surface area contributed by atoms with E-state index in [9.17, 15) is 13.2 Å². The molecule has 0 aliphatic heterocycles. The van der Waals surface area contributed by atoms with Gasteiger partial charge >= 0.3 is 5.97 Å². The molecule has 22 heavy (non-hydrogen) atoms. The third-order valence-corrected chi connectivity index (χ3v) is 4.71. The summed E-state index contributed by atoms with van der Waals surface area (Å²) in [6.45, 7) is 2.12. The van der Waals surface area contributed by atoms with E-state index in [0.717, 1.165) is 10.7 Å². The second-order valence-electron chi connectivity index (χ2n) is 4.63. The third-order valence-electron chi connectivity index (χ3n) is 2.87. The molecule has 0 aliphatic carbocycles. The van der Waals surface area contributed by atoms with Crippen molar-refractivity contribution in [3.8, 4) is 5.75 Å². The summed E-state index contributed by atoms with van der Waals surface area (Å²) < 4.78 is 35.7. The number of methoxy groups -OCH3 is 1. The lowest BCUT2D eigenvalue weighted by molar-refractivity contribution is 0.0549. The lowest BCUT2D eigenvalue weighted by Crippen LogP contribution is -2.23. The molecule has 1 aromatic carbocycles. The predicted molar refractivity (Wildman–Crippen MR) is 83.6 cm³/mol. The summed E-state index contributed by atoms with van der Waals surface area (Å²) in [6.07, 6.45) is 4.47. The van der Waals surface area contributed by atoms with Crippen molar-refractivity contribution >= 4 is 16.0 Å². The SMILES string of the molecule is CCC=CCOC(=O)c1ccc(OC)c(S(=O)(=O)N(C)C)c1. The van der Waals surface area contributed by atoms with E-state index in [1.807, 2.05) is 13.0 Å². The highest BCUT2D eigenvalue weighted by molar-refractivity contribution is 7.89. The van der Waals surface area contributed by atoms with Gasteiger partial charge in [0.05, 0.1) is 12.7 Å². The van der Waals surface area contributed by atoms with Gasteiger partial charge in [-0.2, -0.15) is 0 Å². The fourth-order valence-electron chi connectivity index (χ4n) is 1.64. The molecule has 0 atom stereocenters. The Balaban J connectivity index is 3.10. The molecule has 0 aliphatic rings. The number of esters is 1. The summed E-state index contributed by atoms with van der Waals surface area (Å²) in [6, 6.07) is 4.17. The van der Waals surface area contributed by atoms with Crippen LogP contribution in [-0.2, 0) is 14.8 Å². The topological polar surface area (TPSA) is 72.9 Å². The zero-order valence-electron chi connectivity index (χ0n) is 13.2. The summed E-state index contributed by atoms with van der Waals surface area (Å²) in [5, 5.41) is 0. The molecule has 122 valence electrons. The van der Waals surface area contributed by atoms with E-state index < -0.39 is 16.0 Å². The quantitative estimate of drug-likeness (QED) is 0.566. The number of carbonyl (C=O) groups is 1. The Morgan fingerprint density at radius 3 is 2.50 bits per heavy atom. The molecule has 0 heterocycles. The smallest absolute Gasteiger partial charge is 0.338 e. The highest BCUT2D eigenvalue weighted by atomic mass is 32.2. The molecule has 0 bridgehead atoms. The first kappa shape index (κ1) is 18.2. The first-order valence-electron chi connectivity index (χ1n) is 6.77.